The van der Waals surface area contributed by atoms with Gasteiger partial charge in [-0.15, -0.1) is 0 Å². The summed E-state index contributed by atoms with van der Waals surface area (Å²) in [4.78, 5) is 36.1. The molecule has 118 valence electrons. The molecule has 6 heteroatoms. The van der Waals surface area contributed by atoms with Crippen molar-refractivity contribution in [3.8, 4) is 11.5 Å². The smallest absolute Gasteiger partial charge is 0.375 e. The highest BCUT2D eigenvalue weighted by Gasteiger charge is 2.35. The summed E-state index contributed by atoms with van der Waals surface area (Å²) in [6.45, 7) is 0. The molecule has 1 aliphatic rings. The van der Waals surface area contributed by atoms with Crippen molar-refractivity contribution in [2.75, 3.05) is 21.3 Å². The number of benzene rings is 1. The van der Waals surface area contributed by atoms with Crippen LogP contribution in [0, 0.1) is 5.92 Å². The third-order valence-electron chi connectivity index (χ3n) is 3.83. The van der Waals surface area contributed by atoms with E-state index in [4.69, 9.17) is 9.47 Å². The van der Waals surface area contributed by atoms with Crippen LogP contribution < -0.4 is 9.47 Å². The Bertz CT molecular complexity index is 619. The SMILES string of the molecule is COC(=O)C(=O)C1CCCc2cc(OC)c(OC)cc2C1=O. The molecule has 0 amide bonds. The first-order valence-electron chi connectivity index (χ1n) is 6.94. The molecule has 22 heavy (non-hydrogen) atoms. The lowest BCUT2D eigenvalue weighted by molar-refractivity contribution is -0.152. The number of aryl methyl sites for hydroxylation is 1. The van der Waals surface area contributed by atoms with E-state index in [2.05, 4.69) is 4.74 Å². The lowest BCUT2D eigenvalue weighted by Gasteiger charge is -2.14. The summed E-state index contributed by atoms with van der Waals surface area (Å²) < 4.78 is 14.9. The molecule has 0 saturated carbocycles. The lowest BCUT2D eigenvalue weighted by atomic mass is 9.91. The predicted molar refractivity (Wildman–Crippen MR) is 77.3 cm³/mol. The summed E-state index contributed by atoms with van der Waals surface area (Å²) in [6, 6.07) is 3.32. The summed E-state index contributed by atoms with van der Waals surface area (Å²) in [5.74, 6) is -2.19. The molecule has 1 atom stereocenters. The van der Waals surface area contributed by atoms with Crippen LogP contribution in [0.15, 0.2) is 12.1 Å². The van der Waals surface area contributed by atoms with Gasteiger partial charge in [0.25, 0.3) is 5.78 Å². The average molecular weight is 306 g/mol. The van der Waals surface area contributed by atoms with Crippen molar-refractivity contribution in [2.45, 2.75) is 19.3 Å². The van der Waals surface area contributed by atoms with Gasteiger partial charge in [0.1, 0.15) is 0 Å². The van der Waals surface area contributed by atoms with E-state index in [1.165, 1.54) is 14.2 Å². The fourth-order valence-corrected chi connectivity index (χ4v) is 2.67. The second-order valence-corrected chi connectivity index (χ2v) is 5.03. The largest absolute Gasteiger partial charge is 0.493 e. The zero-order valence-corrected chi connectivity index (χ0v) is 12.8. The molecule has 1 aliphatic carbocycles. The third kappa shape index (κ3) is 2.81. The molecular weight excluding hydrogens is 288 g/mol. The Morgan fingerprint density at radius 2 is 1.73 bits per heavy atom. The zero-order chi connectivity index (χ0) is 16.3. The maximum absolute atomic E-state index is 12.6. The topological polar surface area (TPSA) is 78.9 Å². The quantitative estimate of drug-likeness (QED) is 0.364. The fourth-order valence-electron chi connectivity index (χ4n) is 2.67. The van der Waals surface area contributed by atoms with Crippen molar-refractivity contribution < 1.29 is 28.6 Å². The highest BCUT2D eigenvalue weighted by Crippen LogP contribution is 2.35. The maximum Gasteiger partial charge on any atom is 0.375 e. The Hall–Kier alpha value is -2.37. The van der Waals surface area contributed by atoms with Gasteiger partial charge in [-0.05, 0) is 37.0 Å². The van der Waals surface area contributed by atoms with Crippen LogP contribution in [-0.2, 0) is 20.7 Å². The third-order valence-corrected chi connectivity index (χ3v) is 3.83. The number of fused-ring (bicyclic) bond motifs is 1. The molecule has 0 saturated heterocycles. The van der Waals surface area contributed by atoms with Crippen LogP contribution in [-0.4, -0.2) is 38.9 Å². The second kappa shape index (κ2) is 6.60. The number of ether oxygens (including phenoxy) is 3. The van der Waals surface area contributed by atoms with Gasteiger partial charge in [0.15, 0.2) is 17.3 Å². The number of Topliss-reactive ketones (excluding diaryl/α,β-unsaturated/α-hetero) is 2. The van der Waals surface area contributed by atoms with E-state index in [9.17, 15) is 14.4 Å². The summed E-state index contributed by atoms with van der Waals surface area (Å²) in [5, 5.41) is 0. The molecule has 0 N–H and O–H groups in total. The second-order valence-electron chi connectivity index (χ2n) is 5.03. The van der Waals surface area contributed by atoms with Crippen molar-refractivity contribution in [1.29, 1.82) is 0 Å². The van der Waals surface area contributed by atoms with E-state index >= 15 is 0 Å². The Morgan fingerprint density at radius 3 is 2.32 bits per heavy atom. The van der Waals surface area contributed by atoms with Gasteiger partial charge < -0.3 is 14.2 Å². The molecule has 0 aromatic heterocycles. The summed E-state index contributed by atoms with van der Waals surface area (Å²) >= 11 is 0. The van der Waals surface area contributed by atoms with E-state index in [0.717, 1.165) is 12.7 Å². The van der Waals surface area contributed by atoms with Crippen molar-refractivity contribution in [3.05, 3.63) is 23.3 Å². The average Bonchev–Trinajstić information content (AvgIpc) is 2.71. The molecule has 0 radical (unpaired) electrons. The first-order valence-corrected chi connectivity index (χ1v) is 6.94. The standard InChI is InChI=1S/C16H18O6/c1-20-12-7-9-5-4-6-10(15(18)16(19)22-3)14(17)11(9)8-13(12)21-2/h7-8,10H,4-6H2,1-3H3. The zero-order valence-electron chi connectivity index (χ0n) is 12.8. The van der Waals surface area contributed by atoms with E-state index in [0.29, 0.717) is 36.3 Å². The van der Waals surface area contributed by atoms with E-state index < -0.39 is 17.7 Å². The Kier molecular flexibility index (Phi) is 4.80. The number of esters is 1. The molecule has 6 nitrogen and oxygen atoms in total. The molecule has 0 fully saturated rings. The predicted octanol–water partition coefficient (Wildman–Crippen LogP) is 1.58. The van der Waals surface area contributed by atoms with Gasteiger partial charge in [-0.2, -0.15) is 0 Å². The maximum atomic E-state index is 12.6. The molecule has 0 bridgehead atoms. The van der Waals surface area contributed by atoms with Crippen molar-refractivity contribution in [3.63, 3.8) is 0 Å². The molecule has 1 aromatic carbocycles. The molecule has 2 rings (SSSR count). The molecule has 1 aromatic rings. The summed E-state index contributed by atoms with van der Waals surface area (Å²) in [7, 11) is 4.12. The number of carbonyl (C=O) groups excluding carboxylic acids is 3. The Balaban J connectivity index is 2.45. The summed E-state index contributed by atoms with van der Waals surface area (Å²) in [5.41, 5.74) is 1.19. The van der Waals surface area contributed by atoms with Gasteiger partial charge in [-0.3, -0.25) is 9.59 Å². The van der Waals surface area contributed by atoms with Crippen molar-refractivity contribution >= 4 is 17.5 Å². The Labute approximate surface area is 128 Å². The van der Waals surface area contributed by atoms with Gasteiger partial charge in [0.05, 0.1) is 27.2 Å². The number of hydrogen-bond donors (Lipinski definition) is 0. The van der Waals surface area contributed by atoms with Crippen molar-refractivity contribution in [2.24, 2.45) is 5.92 Å². The molecule has 1 unspecified atom stereocenters. The number of ketones is 2. The van der Waals surface area contributed by atoms with Gasteiger partial charge >= 0.3 is 5.97 Å². The van der Waals surface area contributed by atoms with Crippen LogP contribution in [0.4, 0.5) is 0 Å². The monoisotopic (exact) mass is 306 g/mol. The van der Waals surface area contributed by atoms with Crippen LogP contribution in [0.3, 0.4) is 0 Å². The minimum Gasteiger partial charge on any atom is -0.493 e. The normalized spacial score (nSPS) is 17.2. The van der Waals surface area contributed by atoms with Crippen LogP contribution >= 0.6 is 0 Å². The first-order chi connectivity index (χ1) is 10.5. The summed E-state index contributed by atoms with van der Waals surface area (Å²) in [6.07, 6.45) is 1.58. The molecule has 0 aliphatic heterocycles. The highest BCUT2D eigenvalue weighted by molar-refractivity contribution is 6.39. The Morgan fingerprint density at radius 1 is 1.09 bits per heavy atom. The van der Waals surface area contributed by atoms with E-state index in [1.54, 1.807) is 12.1 Å². The van der Waals surface area contributed by atoms with Crippen LogP contribution in [0.5, 0.6) is 11.5 Å². The minimum absolute atomic E-state index is 0.325. The van der Waals surface area contributed by atoms with Crippen LogP contribution in [0.25, 0.3) is 0 Å². The van der Waals surface area contributed by atoms with Crippen LogP contribution in [0.2, 0.25) is 0 Å². The number of methoxy groups -OCH3 is 3. The van der Waals surface area contributed by atoms with Crippen molar-refractivity contribution in [1.82, 2.24) is 0 Å². The van der Waals surface area contributed by atoms with Crippen LogP contribution in [0.1, 0.15) is 28.8 Å². The lowest BCUT2D eigenvalue weighted by Crippen LogP contribution is -2.30. The van der Waals surface area contributed by atoms with E-state index in [-0.39, 0.29) is 5.78 Å². The van der Waals surface area contributed by atoms with Gasteiger partial charge in [-0.1, -0.05) is 0 Å². The highest BCUT2D eigenvalue weighted by atomic mass is 16.5. The molecule has 0 heterocycles. The van der Waals surface area contributed by atoms with Gasteiger partial charge in [0.2, 0.25) is 0 Å². The number of rotatable bonds is 4. The first kappa shape index (κ1) is 16.0. The van der Waals surface area contributed by atoms with E-state index in [1.807, 2.05) is 0 Å². The molecule has 0 spiro atoms. The number of hydrogen-bond acceptors (Lipinski definition) is 6. The molecular formula is C16H18O6. The minimum atomic E-state index is -0.994. The number of carbonyl (C=O) groups is 3. The van der Waals surface area contributed by atoms with Gasteiger partial charge in [-0.25, -0.2) is 4.79 Å². The van der Waals surface area contributed by atoms with Gasteiger partial charge in [0, 0.05) is 5.56 Å². The fraction of sp³-hybridized carbons (Fsp3) is 0.438.